The summed E-state index contributed by atoms with van der Waals surface area (Å²) in [5.41, 5.74) is 3.60. The number of nitrogens with two attached hydrogens (primary N) is 1. The summed E-state index contributed by atoms with van der Waals surface area (Å²) in [7, 11) is -2.00. The van der Waals surface area contributed by atoms with Crippen LogP contribution in [0, 0.1) is 28.6 Å². The summed E-state index contributed by atoms with van der Waals surface area (Å²) >= 11 is 1.44. The maximum absolute atomic E-state index is 13.0. The van der Waals surface area contributed by atoms with E-state index < -0.39 is 28.8 Å². The first-order valence-electron chi connectivity index (χ1n) is 17.1. The highest BCUT2D eigenvalue weighted by atomic mass is 32.2. The van der Waals surface area contributed by atoms with Gasteiger partial charge in [-0.2, -0.15) is 47.3 Å². The average molecular weight is 695 g/mol. The van der Waals surface area contributed by atoms with Crippen LogP contribution in [0.25, 0.3) is 0 Å². The number of fused-ring (bicyclic) bond motifs is 6. The van der Waals surface area contributed by atoms with E-state index in [1.54, 1.807) is 6.07 Å². The van der Waals surface area contributed by atoms with Gasteiger partial charge in [-0.3, -0.25) is 0 Å². The highest BCUT2D eigenvalue weighted by Gasteiger charge is 2.67. The zero-order chi connectivity index (χ0) is 33.4. The summed E-state index contributed by atoms with van der Waals surface area (Å²) in [4.78, 5) is 2.28. The number of thioether (sulfide) groups is 1. The van der Waals surface area contributed by atoms with Gasteiger partial charge in [-0.05, 0) is 160 Å². The molecule has 262 valence electrons. The minimum Gasteiger partial charge on any atom is -0.371 e. The van der Waals surface area contributed by atoms with E-state index in [0.717, 1.165) is 63.3 Å². The molecule has 0 saturated heterocycles. The molecule has 0 amide bonds. The molecule has 3 fully saturated rings. The smallest absolute Gasteiger partial charge is 0.371 e. The highest BCUT2D eigenvalue weighted by molar-refractivity contribution is 7.99. The molecule has 46 heavy (non-hydrogen) atoms. The monoisotopic (exact) mass is 694 g/mol. The molecule has 0 heterocycles. The van der Waals surface area contributed by atoms with Gasteiger partial charge in [-0.25, -0.2) is 0 Å². The van der Waals surface area contributed by atoms with Crippen LogP contribution in [0.3, 0.4) is 0 Å². The second kappa shape index (κ2) is 14.0. The zero-order valence-corrected chi connectivity index (χ0v) is 28.9. The Morgan fingerprint density at radius 3 is 2.39 bits per heavy atom. The summed E-state index contributed by atoms with van der Waals surface area (Å²) in [5.74, 6) is -0.766. The predicted octanol–water partition coefficient (Wildman–Crippen LogP) is 8.72. The Labute approximate surface area is 276 Å². The van der Waals surface area contributed by atoms with E-state index in [0.29, 0.717) is 40.1 Å². The van der Waals surface area contributed by atoms with Crippen LogP contribution in [0.1, 0.15) is 107 Å². The van der Waals surface area contributed by atoms with E-state index in [1.165, 1.54) is 61.4 Å². The third-order valence-electron chi connectivity index (χ3n) is 12.1. The molecular weight excluding hydrogens is 644 g/mol. The Bertz CT molecular complexity index is 1310. The topological polar surface area (TPSA) is 72.6 Å². The number of nitrogens with zero attached hydrogens (tertiary/aromatic N) is 1. The van der Waals surface area contributed by atoms with Crippen LogP contribution >= 0.6 is 11.8 Å². The Hall–Kier alpha value is -1.11. The van der Waals surface area contributed by atoms with Crippen molar-refractivity contribution in [2.24, 2.45) is 33.7 Å². The van der Waals surface area contributed by atoms with Crippen molar-refractivity contribution in [2.45, 2.75) is 115 Å². The summed E-state index contributed by atoms with van der Waals surface area (Å²) in [6.07, 6.45) is 7.55. The standard InChI is InChI=1S/C34H51F5N2O3S2/c1-31-14-11-28-27-10-9-26(44-46(40,42)43)23-25(27)22-24(30(28)29(31)12-15-32(31)16-17-32)8-4-3-5-18-41(2)19-7-21-45-20-6-13-33(35,36)34(37,38)39/h9-10,23-24,28-30H,3-8,11-22H2,1-2H3,(H2,40,42,43)/t24-,28?,29?,30?,31+/m1/s1. The van der Waals surface area contributed by atoms with Gasteiger partial charge in [0.2, 0.25) is 0 Å². The lowest BCUT2D eigenvalue weighted by Crippen LogP contribution is -2.46. The lowest BCUT2D eigenvalue weighted by atomic mass is 9.50. The van der Waals surface area contributed by atoms with Gasteiger partial charge in [0.25, 0.3) is 0 Å². The molecule has 5 atom stereocenters. The molecule has 0 bridgehead atoms. The number of alkyl halides is 5. The van der Waals surface area contributed by atoms with E-state index in [-0.39, 0.29) is 6.42 Å². The fourth-order valence-electron chi connectivity index (χ4n) is 9.59. The minimum atomic E-state index is -5.46. The maximum atomic E-state index is 13.0. The molecule has 1 aromatic carbocycles. The quantitative estimate of drug-likeness (QED) is 0.139. The van der Waals surface area contributed by atoms with Gasteiger partial charge in [0.15, 0.2) is 0 Å². The molecule has 0 aliphatic heterocycles. The number of hydrogen-bond donors (Lipinski definition) is 1. The fourth-order valence-corrected chi connectivity index (χ4v) is 10.8. The molecule has 4 aliphatic carbocycles. The second-order valence-electron chi connectivity index (χ2n) is 14.9. The van der Waals surface area contributed by atoms with Crippen molar-refractivity contribution in [3.05, 3.63) is 29.3 Å². The molecule has 0 radical (unpaired) electrons. The predicted molar refractivity (Wildman–Crippen MR) is 173 cm³/mol. The summed E-state index contributed by atoms with van der Waals surface area (Å²) in [6, 6.07) is 5.76. The van der Waals surface area contributed by atoms with Crippen molar-refractivity contribution in [3.8, 4) is 5.75 Å². The molecule has 3 unspecified atom stereocenters. The summed E-state index contributed by atoms with van der Waals surface area (Å²) in [5, 5.41) is 5.16. The third-order valence-corrected chi connectivity index (χ3v) is 13.7. The van der Waals surface area contributed by atoms with Gasteiger partial charge >= 0.3 is 22.4 Å². The number of unbranched alkanes of at least 4 members (excludes halogenated alkanes) is 2. The molecule has 1 aromatic rings. The summed E-state index contributed by atoms with van der Waals surface area (Å²) < 4.78 is 91.1. The summed E-state index contributed by atoms with van der Waals surface area (Å²) in [6.45, 7) is 4.43. The molecule has 2 N–H and O–H groups in total. The van der Waals surface area contributed by atoms with E-state index in [1.807, 2.05) is 6.07 Å². The van der Waals surface area contributed by atoms with Crippen LogP contribution in [0.4, 0.5) is 22.0 Å². The van der Waals surface area contributed by atoms with Gasteiger partial charge < -0.3 is 9.08 Å². The molecule has 4 aliphatic rings. The minimum absolute atomic E-state index is 0.146. The first kappa shape index (κ1) is 36.2. The molecule has 12 heteroatoms. The van der Waals surface area contributed by atoms with Crippen molar-refractivity contribution >= 4 is 22.1 Å². The van der Waals surface area contributed by atoms with Crippen molar-refractivity contribution in [1.29, 1.82) is 0 Å². The largest absolute Gasteiger partial charge is 0.453 e. The van der Waals surface area contributed by atoms with E-state index in [4.69, 9.17) is 9.32 Å². The first-order chi connectivity index (χ1) is 21.6. The van der Waals surface area contributed by atoms with Crippen LogP contribution in [-0.2, 0) is 16.7 Å². The Balaban J connectivity index is 1.08. The van der Waals surface area contributed by atoms with Crippen LogP contribution in [0.2, 0.25) is 0 Å². The molecule has 0 aromatic heterocycles. The first-order valence-corrected chi connectivity index (χ1v) is 19.7. The Kier molecular flexibility index (Phi) is 11.0. The van der Waals surface area contributed by atoms with Gasteiger partial charge in [0, 0.05) is 6.42 Å². The fraction of sp³-hybridized carbons (Fsp3) is 0.824. The molecule has 5 nitrogen and oxygen atoms in total. The van der Waals surface area contributed by atoms with Crippen LogP contribution in [0.5, 0.6) is 5.75 Å². The van der Waals surface area contributed by atoms with Crippen molar-refractivity contribution < 1.29 is 34.6 Å². The Morgan fingerprint density at radius 1 is 0.978 bits per heavy atom. The molecule has 5 rings (SSSR count). The van der Waals surface area contributed by atoms with E-state index in [2.05, 4.69) is 24.9 Å². The van der Waals surface area contributed by atoms with E-state index in [9.17, 15) is 30.4 Å². The number of hydrogen-bond acceptors (Lipinski definition) is 5. The van der Waals surface area contributed by atoms with Crippen molar-refractivity contribution in [1.82, 2.24) is 4.90 Å². The number of halogens is 5. The normalized spacial score (nSPS) is 28.6. The van der Waals surface area contributed by atoms with Crippen LogP contribution < -0.4 is 9.32 Å². The van der Waals surface area contributed by atoms with Gasteiger partial charge in [-0.1, -0.05) is 25.8 Å². The maximum Gasteiger partial charge on any atom is 0.453 e. The van der Waals surface area contributed by atoms with Gasteiger partial charge in [0.05, 0.1) is 0 Å². The second-order valence-corrected chi connectivity index (χ2v) is 17.3. The number of benzene rings is 1. The SMILES string of the molecule is CN(CCCCC[C@@H]1Cc2cc(OS(N)(=O)=O)ccc2C2CC[C@@]3(C)C(CCC34CC4)C21)CCCSCCCC(F)(F)C(F)(F)F. The van der Waals surface area contributed by atoms with E-state index >= 15 is 0 Å². The lowest BCUT2D eigenvalue weighted by molar-refractivity contribution is -0.284. The molecule has 3 saturated carbocycles. The van der Waals surface area contributed by atoms with Crippen molar-refractivity contribution in [3.63, 3.8) is 0 Å². The average Bonchev–Trinajstić information content (AvgIpc) is 3.70. The van der Waals surface area contributed by atoms with Gasteiger partial charge in [-0.15, -0.1) is 0 Å². The molecular formula is C34H51F5N2O3S2. The lowest BCUT2D eigenvalue weighted by Gasteiger charge is -2.54. The molecule has 1 spiro atoms. The highest BCUT2D eigenvalue weighted by Crippen LogP contribution is 2.76. The van der Waals surface area contributed by atoms with Crippen molar-refractivity contribution in [2.75, 3.05) is 31.6 Å². The zero-order valence-electron chi connectivity index (χ0n) is 27.2. The van der Waals surface area contributed by atoms with Crippen LogP contribution in [-0.4, -0.2) is 57.1 Å². The Morgan fingerprint density at radius 2 is 1.70 bits per heavy atom. The van der Waals surface area contributed by atoms with Crippen LogP contribution in [0.15, 0.2) is 18.2 Å². The number of rotatable bonds is 16. The third kappa shape index (κ3) is 8.02. The van der Waals surface area contributed by atoms with Gasteiger partial charge in [0.1, 0.15) is 5.75 Å².